The minimum Gasteiger partial charge on any atom is -0.294 e. The van der Waals surface area contributed by atoms with Crippen molar-refractivity contribution in [3.63, 3.8) is 0 Å². The number of carbonyl (C=O) groups excluding carboxylic acids is 1. The molecule has 0 saturated carbocycles. The molecule has 0 aliphatic heterocycles. The Kier molecular flexibility index (Phi) is 3.04. The molecular formula is C15H16O. The Labute approximate surface area is 96.5 Å². The van der Waals surface area contributed by atoms with E-state index in [1.54, 1.807) is 0 Å². The highest BCUT2D eigenvalue weighted by atomic mass is 16.1. The highest BCUT2D eigenvalue weighted by Gasteiger charge is 2.13. The van der Waals surface area contributed by atoms with Gasteiger partial charge >= 0.3 is 0 Å². The quantitative estimate of drug-likeness (QED) is 0.692. The van der Waals surface area contributed by atoms with Gasteiger partial charge in [0.2, 0.25) is 0 Å². The van der Waals surface area contributed by atoms with E-state index in [-0.39, 0.29) is 5.78 Å². The standard InChI is InChI=1S/C15H16O/c1-3-15(16)14-7-5-4-6-13(14)12-9-8-11(2)10-12/h4-8,10H,3,9H2,1-2H3. The van der Waals surface area contributed by atoms with E-state index < -0.39 is 0 Å². The van der Waals surface area contributed by atoms with Crippen molar-refractivity contribution in [2.45, 2.75) is 26.7 Å². The van der Waals surface area contributed by atoms with Crippen molar-refractivity contribution in [3.05, 3.63) is 53.1 Å². The Bertz CT molecular complexity index is 478. The van der Waals surface area contributed by atoms with E-state index in [9.17, 15) is 4.79 Å². The fraction of sp³-hybridized carbons (Fsp3) is 0.267. The van der Waals surface area contributed by atoms with Gasteiger partial charge in [-0.2, -0.15) is 0 Å². The molecule has 2 rings (SSSR count). The van der Waals surface area contributed by atoms with E-state index in [4.69, 9.17) is 0 Å². The lowest BCUT2D eigenvalue weighted by atomic mass is 9.95. The molecule has 0 amide bonds. The van der Waals surface area contributed by atoms with Crippen LogP contribution in [0.4, 0.5) is 0 Å². The summed E-state index contributed by atoms with van der Waals surface area (Å²) in [6.45, 7) is 4.00. The largest absolute Gasteiger partial charge is 0.294 e. The van der Waals surface area contributed by atoms with Crippen molar-refractivity contribution in [1.82, 2.24) is 0 Å². The highest BCUT2D eigenvalue weighted by Crippen LogP contribution is 2.29. The zero-order valence-corrected chi connectivity index (χ0v) is 9.79. The molecule has 0 N–H and O–H groups in total. The van der Waals surface area contributed by atoms with Crippen LogP contribution < -0.4 is 0 Å². The molecule has 82 valence electrons. The summed E-state index contributed by atoms with van der Waals surface area (Å²) in [6, 6.07) is 7.90. The third kappa shape index (κ3) is 1.99. The Hall–Kier alpha value is -1.63. The lowest BCUT2D eigenvalue weighted by molar-refractivity contribution is 0.0988. The van der Waals surface area contributed by atoms with Gasteiger partial charge in [-0.15, -0.1) is 0 Å². The van der Waals surface area contributed by atoms with Gasteiger partial charge in [-0.1, -0.05) is 48.9 Å². The number of ketones is 1. The smallest absolute Gasteiger partial charge is 0.163 e. The van der Waals surface area contributed by atoms with Crippen molar-refractivity contribution >= 4 is 11.4 Å². The van der Waals surface area contributed by atoms with Crippen LogP contribution in [0.3, 0.4) is 0 Å². The second-order valence-corrected chi connectivity index (χ2v) is 4.14. The third-order valence-corrected chi connectivity index (χ3v) is 2.94. The monoisotopic (exact) mass is 212 g/mol. The van der Waals surface area contributed by atoms with Crippen LogP contribution >= 0.6 is 0 Å². The second kappa shape index (κ2) is 4.48. The number of rotatable bonds is 3. The molecule has 0 radical (unpaired) electrons. The molecule has 1 heteroatoms. The first-order valence-electron chi connectivity index (χ1n) is 5.72. The lowest BCUT2D eigenvalue weighted by Gasteiger charge is -2.08. The van der Waals surface area contributed by atoms with Crippen LogP contribution in [-0.4, -0.2) is 5.78 Å². The molecule has 16 heavy (non-hydrogen) atoms. The van der Waals surface area contributed by atoms with E-state index >= 15 is 0 Å². The van der Waals surface area contributed by atoms with Crippen LogP contribution in [-0.2, 0) is 0 Å². The number of Topliss-reactive ketones (excluding diaryl/α,β-unsaturated/α-hetero) is 1. The van der Waals surface area contributed by atoms with E-state index in [1.807, 2.05) is 31.2 Å². The Morgan fingerprint density at radius 2 is 2.06 bits per heavy atom. The Morgan fingerprint density at radius 3 is 2.69 bits per heavy atom. The topological polar surface area (TPSA) is 17.1 Å². The summed E-state index contributed by atoms with van der Waals surface area (Å²) in [4.78, 5) is 11.8. The van der Waals surface area contributed by atoms with Gasteiger partial charge in [0.15, 0.2) is 5.78 Å². The Morgan fingerprint density at radius 1 is 1.31 bits per heavy atom. The molecule has 0 bridgehead atoms. The molecule has 1 aliphatic rings. The van der Waals surface area contributed by atoms with Crippen LogP contribution in [0.15, 0.2) is 42.0 Å². The van der Waals surface area contributed by atoms with Crippen LogP contribution in [0.5, 0.6) is 0 Å². The summed E-state index contributed by atoms with van der Waals surface area (Å²) in [5.74, 6) is 0.223. The summed E-state index contributed by atoms with van der Waals surface area (Å²) in [5, 5.41) is 0. The summed E-state index contributed by atoms with van der Waals surface area (Å²) >= 11 is 0. The number of carbonyl (C=O) groups is 1. The van der Waals surface area contributed by atoms with Crippen LogP contribution in [0.2, 0.25) is 0 Å². The van der Waals surface area contributed by atoms with Crippen LogP contribution in [0.25, 0.3) is 5.57 Å². The SMILES string of the molecule is CCC(=O)c1ccccc1C1=CC(C)=CC1. The van der Waals surface area contributed by atoms with Crippen molar-refractivity contribution in [2.24, 2.45) is 0 Å². The van der Waals surface area contributed by atoms with Gasteiger partial charge in [-0.25, -0.2) is 0 Å². The maximum absolute atomic E-state index is 11.8. The van der Waals surface area contributed by atoms with Crippen LogP contribution in [0, 0.1) is 0 Å². The summed E-state index contributed by atoms with van der Waals surface area (Å²) in [6.07, 6.45) is 5.88. The molecule has 1 aromatic rings. The van der Waals surface area contributed by atoms with Gasteiger partial charge in [0, 0.05) is 12.0 Å². The average Bonchev–Trinajstić information content (AvgIpc) is 2.75. The van der Waals surface area contributed by atoms with E-state index in [2.05, 4.69) is 19.1 Å². The first kappa shape index (κ1) is 10.9. The van der Waals surface area contributed by atoms with Crippen molar-refractivity contribution < 1.29 is 4.79 Å². The molecule has 1 aromatic carbocycles. The fourth-order valence-corrected chi connectivity index (χ4v) is 2.05. The number of allylic oxidation sites excluding steroid dienone is 4. The van der Waals surface area contributed by atoms with E-state index in [0.717, 1.165) is 17.5 Å². The van der Waals surface area contributed by atoms with Gasteiger partial charge in [-0.05, 0) is 24.5 Å². The van der Waals surface area contributed by atoms with Gasteiger partial charge in [-0.3, -0.25) is 4.79 Å². The number of benzene rings is 1. The van der Waals surface area contributed by atoms with E-state index in [1.165, 1.54) is 11.1 Å². The van der Waals surface area contributed by atoms with Gasteiger partial charge in [0.1, 0.15) is 0 Å². The predicted octanol–water partition coefficient (Wildman–Crippen LogP) is 4.01. The van der Waals surface area contributed by atoms with Crippen LogP contribution in [0.1, 0.15) is 42.6 Å². The molecule has 0 aromatic heterocycles. The zero-order chi connectivity index (χ0) is 11.5. The fourth-order valence-electron chi connectivity index (χ4n) is 2.05. The average molecular weight is 212 g/mol. The molecular weight excluding hydrogens is 196 g/mol. The molecule has 0 unspecified atom stereocenters. The zero-order valence-electron chi connectivity index (χ0n) is 9.79. The molecule has 1 aliphatic carbocycles. The first-order valence-corrected chi connectivity index (χ1v) is 5.72. The van der Waals surface area contributed by atoms with Crippen molar-refractivity contribution in [3.8, 4) is 0 Å². The minimum atomic E-state index is 0.223. The van der Waals surface area contributed by atoms with Gasteiger partial charge < -0.3 is 0 Å². The summed E-state index contributed by atoms with van der Waals surface area (Å²) < 4.78 is 0. The highest BCUT2D eigenvalue weighted by molar-refractivity contribution is 6.01. The third-order valence-electron chi connectivity index (χ3n) is 2.94. The van der Waals surface area contributed by atoms with E-state index in [0.29, 0.717) is 6.42 Å². The lowest BCUT2D eigenvalue weighted by Crippen LogP contribution is -2.01. The first-order chi connectivity index (χ1) is 7.72. The minimum absolute atomic E-state index is 0.223. The maximum Gasteiger partial charge on any atom is 0.163 e. The van der Waals surface area contributed by atoms with Crippen molar-refractivity contribution in [1.29, 1.82) is 0 Å². The number of hydrogen-bond acceptors (Lipinski definition) is 1. The molecule has 1 nitrogen and oxygen atoms in total. The predicted molar refractivity (Wildman–Crippen MR) is 67.4 cm³/mol. The number of hydrogen-bond donors (Lipinski definition) is 0. The molecule has 0 heterocycles. The normalized spacial score (nSPS) is 14.6. The van der Waals surface area contributed by atoms with Crippen molar-refractivity contribution in [2.75, 3.05) is 0 Å². The van der Waals surface area contributed by atoms with Gasteiger partial charge in [0.25, 0.3) is 0 Å². The summed E-state index contributed by atoms with van der Waals surface area (Å²) in [7, 11) is 0. The maximum atomic E-state index is 11.8. The molecule has 0 spiro atoms. The molecule has 0 saturated heterocycles. The Balaban J connectivity index is 2.42. The molecule has 0 fully saturated rings. The molecule has 0 atom stereocenters. The second-order valence-electron chi connectivity index (χ2n) is 4.14. The van der Waals surface area contributed by atoms with Gasteiger partial charge in [0.05, 0.1) is 0 Å². The summed E-state index contributed by atoms with van der Waals surface area (Å²) in [5.41, 5.74) is 4.51.